The van der Waals surface area contributed by atoms with Crippen LogP contribution in [-0.4, -0.2) is 36.5 Å². The van der Waals surface area contributed by atoms with Gasteiger partial charge < -0.3 is 11.1 Å². The van der Waals surface area contributed by atoms with Crippen molar-refractivity contribution in [2.75, 3.05) is 19.6 Å². The van der Waals surface area contributed by atoms with Gasteiger partial charge in [-0.1, -0.05) is 22.4 Å². The normalized spacial score (nSPS) is 18.3. The smallest absolute Gasteiger partial charge is 0.221 e. The Morgan fingerprint density at radius 2 is 2.22 bits per heavy atom. The summed E-state index contributed by atoms with van der Waals surface area (Å²) < 4.78 is 14.8. The van der Waals surface area contributed by atoms with E-state index in [4.69, 9.17) is 5.73 Å². The van der Waals surface area contributed by atoms with Crippen molar-refractivity contribution in [1.29, 1.82) is 0 Å². The van der Waals surface area contributed by atoms with E-state index in [1.54, 1.807) is 6.07 Å². The molecule has 1 atom stereocenters. The van der Waals surface area contributed by atoms with Crippen LogP contribution in [-0.2, 0) is 11.3 Å². The van der Waals surface area contributed by atoms with Crippen LogP contribution in [0.4, 0.5) is 4.39 Å². The lowest BCUT2D eigenvalue weighted by Gasteiger charge is -2.36. The van der Waals surface area contributed by atoms with Crippen LogP contribution in [0, 0.1) is 5.82 Å². The van der Waals surface area contributed by atoms with Gasteiger partial charge in [-0.2, -0.15) is 0 Å². The second kappa shape index (κ2) is 10.2. The van der Waals surface area contributed by atoms with Gasteiger partial charge in [0.05, 0.1) is 0 Å². The van der Waals surface area contributed by atoms with Crippen molar-refractivity contribution in [2.24, 2.45) is 5.73 Å². The molecule has 1 unspecified atom stereocenters. The van der Waals surface area contributed by atoms with Crippen LogP contribution >= 0.6 is 28.3 Å². The van der Waals surface area contributed by atoms with Crippen LogP contribution in [0.5, 0.6) is 0 Å². The van der Waals surface area contributed by atoms with E-state index in [1.807, 2.05) is 6.07 Å². The zero-order valence-corrected chi connectivity index (χ0v) is 15.5. The average Bonchev–Trinajstić information content (AvgIpc) is 2.50. The maximum absolute atomic E-state index is 13.9. The average molecular weight is 409 g/mol. The monoisotopic (exact) mass is 407 g/mol. The number of carbonyl (C=O) groups excluding carboxylic acids is 1. The lowest BCUT2D eigenvalue weighted by Crippen LogP contribution is -2.46. The number of nitrogens with zero attached hydrogens (tertiary/aromatic N) is 1. The molecule has 0 saturated carbocycles. The predicted octanol–water partition coefficient (Wildman–Crippen LogP) is 2.83. The molecule has 130 valence electrons. The van der Waals surface area contributed by atoms with E-state index in [0.717, 1.165) is 30.3 Å². The Morgan fingerprint density at radius 1 is 1.43 bits per heavy atom. The molecule has 2 rings (SSSR count). The number of likely N-dealkylation sites (tertiary alicyclic amines) is 1. The molecule has 0 spiro atoms. The number of benzene rings is 1. The third-order valence-electron chi connectivity index (χ3n) is 4.04. The molecular formula is C16H24BrClFN3O. The standard InChI is InChI=1S/C16H23BrFN3O.ClH/c17-13-4-5-15(18)12(9-13)11-21-8-2-1-3-14(21)10-20-16(22)6-7-19;/h4-5,9,14H,1-3,6-8,10-11,19H2,(H,20,22);1H. The first-order chi connectivity index (χ1) is 10.6. The van der Waals surface area contributed by atoms with Crippen LogP contribution in [0.1, 0.15) is 31.2 Å². The number of carbonyl (C=O) groups is 1. The maximum Gasteiger partial charge on any atom is 0.221 e. The fourth-order valence-electron chi connectivity index (χ4n) is 2.83. The van der Waals surface area contributed by atoms with Gasteiger partial charge in [-0.3, -0.25) is 9.69 Å². The first kappa shape index (κ1) is 20.4. The Morgan fingerprint density at radius 3 is 2.96 bits per heavy atom. The molecule has 0 aliphatic carbocycles. The third-order valence-corrected chi connectivity index (χ3v) is 4.53. The van der Waals surface area contributed by atoms with E-state index in [2.05, 4.69) is 26.1 Å². The fraction of sp³-hybridized carbons (Fsp3) is 0.562. The number of amides is 1. The molecule has 1 aliphatic rings. The summed E-state index contributed by atoms with van der Waals surface area (Å²) in [5.41, 5.74) is 6.07. The predicted molar refractivity (Wildman–Crippen MR) is 96.1 cm³/mol. The minimum Gasteiger partial charge on any atom is -0.354 e. The van der Waals surface area contributed by atoms with Gasteiger partial charge >= 0.3 is 0 Å². The Bertz CT molecular complexity index is 518. The summed E-state index contributed by atoms with van der Waals surface area (Å²) >= 11 is 3.39. The molecular weight excluding hydrogens is 385 g/mol. The van der Waals surface area contributed by atoms with Gasteiger partial charge in [-0.25, -0.2) is 4.39 Å². The summed E-state index contributed by atoms with van der Waals surface area (Å²) in [7, 11) is 0. The number of halogens is 3. The Kier molecular flexibility index (Phi) is 9.06. The Labute approximate surface area is 151 Å². The zero-order chi connectivity index (χ0) is 15.9. The molecule has 23 heavy (non-hydrogen) atoms. The highest BCUT2D eigenvalue weighted by molar-refractivity contribution is 9.10. The van der Waals surface area contributed by atoms with Gasteiger partial charge in [0, 0.05) is 42.1 Å². The van der Waals surface area contributed by atoms with Crippen molar-refractivity contribution in [3.8, 4) is 0 Å². The molecule has 1 amide bonds. The molecule has 1 saturated heterocycles. The topological polar surface area (TPSA) is 58.4 Å². The van der Waals surface area contributed by atoms with Crippen molar-refractivity contribution >= 4 is 34.2 Å². The van der Waals surface area contributed by atoms with Crippen molar-refractivity contribution in [2.45, 2.75) is 38.3 Å². The zero-order valence-electron chi connectivity index (χ0n) is 13.1. The lowest BCUT2D eigenvalue weighted by molar-refractivity contribution is -0.121. The summed E-state index contributed by atoms with van der Waals surface area (Å²) in [6.45, 7) is 2.48. The molecule has 1 heterocycles. The van der Waals surface area contributed by atoms with E-state index in [9.17, 15) is 9.18 Å². The summed E-state index contributed by atoms with van der Waals surface area (Å²) in [5.74, 6) is -0.193. The van der Waals surface area contributed by atoms with Crippen LogP contribution in [0.3, 0.4) is 0 Å². The summed E-state index contributed by atoms with van der Waals surface area (Å²) in [6.07, 6.45) is 3.64. The van der Waals surface area contributed by atoms with Crippen molar-refractivity contribution in [3.05, 3.63) is 34.1 Å². The first-order valence-corrected chi connectivity index (χ1v) is 8.54. The van der Waals surface area contributed by atoms with Crippen LogP contribution in [0.2, 0.25) is 0 Å². The molecule has 4 nitrogen and oxygen atoms in total. The number of hydrogen-bond donors (Lipinski definition) is 2. The Hall–Kier alpha value is -0.690. The lowest BCUT2D eigenvalue weighted by atomic mass is 10.0. The van der Waals surface area contributed by atoms with Gasteiger partial charge in [0.15, 0.2) is 0 Å². The van der Waals surface area contributed by atoms with Crippen molar-refractivity contribution in [1.82, 2.24) is 10.2 Å². The number of piperidine rings is 1. The van der Waals surface area contributed by atoms with E-state index < -0.39 is 0 Å². The number of hydrogen-bond acceptors (Lipinski definition) is 3. The largest absolute Gasteiger partial charge is 0.354 e. The maximum atomic E-state index is 13.9. The molecule has 0 aromatic heterocycles. The number of nitrogens with two attached hydrogens (primary N) is 1. The molecule has 1 fully saturated rings. The van der Waals surface area contributed by atoms with Gasteiger partial charge in [0.2, 0.25) is 5.91 Å². The highest BCUT2D eigenvalue weighted by Crippen LogP contribution is 2.22. The van der Waals surface area contributed by atoms with E-state index >= 15 is 0 Å². The molecule has 1 aliphatic heterocycles. The first-order valence-electron chi connectivity index (χ1n) is 7.75. The molecule has 1 aromatic carbocycles. The number of nitrogens with one attached hydrogen (secondary N) is 1. The second-order valence-corrected chi connectivity index (χ2v) is 6.61. The summed E-state index contributed by atoms with van der Waals surface area (Å²) in [4.78, 5) is 13.8. The van der Waals surface area contributed by atoms with Crippen LogP contribution < -0.4 is 11.1 Å². The Balaban J connectivity index is 0.00000264. The van der Waals surface area contributed by atoms with Crippen molar-refractivity contribution < 1.29 is 9.18 Å². The van der Waals surface area contributed by atoms with Gasteiger partial charge in [0.25, 0.3) is 0 Å². The highest BCUT2D eigenvalue weighted by atomic mass is 79.9. The fourth-order valence-corrected chi connectivity index (χ4v) is 3.24. The SMILES string of the molecule is Cl.NCCC(=O)NCC1CCCCN1Cc1cc(Br)ccc1F. The summed E-state index contributed by atoms with van der Waals surface area (Å²) in [5, 5.41) is 2.93. The van der Waals surface area contributed by atoms with Crippen LogP contribution in [0.25, 0.3) is 0 Å². The highest BCUT2D eigenvalue weighted by Gasteiger charge is 2.23. The van der Waals surface area contributed by atoms with E-state index in [1.165, 1.54) is 6.07 Å². The van der Waals surface area contributed by atoms with Crippen molar-refractivity contribution in [3.63, 3.8) is 0 Å². The van der Waals surface area contributed by atoms with Gasteiger partial charge in [-0.05, 0) is 37.6 Å². The third kappa shape index (κ3) is 6.37. The number of rotatable bonds is 6. The van der Waals surface area contributed by atoms with E-state index in [0.29, 0.717) is 31.6 Å². The summed E-state index contributed by atoms with van der Waals surface area (Å²) in [6, 6.07) is 5.28. The minimum atomic E-state index is -0.181. The minimum absolute atomic E-state index is 0. The second-order valence-electron chi connectivity index (χ2n) is 5.70. The molecule has 7 heteroatoms. The molecule has 3 N–H and O–H groups in total. The molecule has 1 aromatic rings. The van der Waals surface area contributed by atoms with Gasteiger partial charge in [0.1, 0.15) is 5.82 Å². The van der Waals surface area contributed by atoms with E-state index in [-0.39, 0.29) is 30.2 Å². The van der Waals surface area contributed by atoms with Gasteiger partial charge in [-0.15, -0.1) is 12.4 Å². The molecule has 0 radical (unpaired) electrons. The molecule has 0 bridgehead atoms. The quantitative estimate of drug-likeness (QED) is 0.761. The van der Waals surface area contributed by atoms with Crippen LogP contribution in [0.15, 0.2) is 22.7 Å².